The number of fused-ring (bicyclic) bond motifs is 2. The average molecular weight is 393 g/mol. The number of anilines is 1. The number of amides is 2. The maximum absolute atomic E-state index is 13.6. The zero-order valence-corrected chi connectivity index (χ0v) is 15.9. The normalized spacial score (nSPS) is 15.9. The van der Waals surface area contributed by atoms with E-state index in [2.05, 4.69) is 0 Å². The van der Waals surface area contributed by atoms with Crippen molar-refractivity contribution in [3.63, 3.8) is 0 Å². The average Bonchev–Trinajstić information content (AvgIpc) is 3.05. The molecule has 7 heteroatoms. The smallest absolute Gasteiger partial charge is 0.289 e. The molecule has 2 aromatic carbocycles. The molecule has 0 unspecified atom stereocenters. The molecule has 1 aliphatic heterocycles. The Morgan fingerprint density at radius 3 is 2.69 bits per heavy atom. The number of carbonyl (C=O) groups is 3. The van der Waals surface area contributed by atoms with Gasteiger partial charge in [0.25, 0.3) is 11.7 Å². The number of hydrogen-bond donors (Lipinski definition) is 1. The van der Waals surface area contributed by atoms with Crippen molar-refractivity contribution in [1.29, 1.82) is 0 Å². The number of primary amides is 1. The summed E-state index contributed by atoms with van der Waals surface area (Å²) < 4.78 is 15.3. The van der Waals surface area contributed by atoms with Crippen LogP contribution in [0, 0.1) is 5.82 Å². The Hall–Kier alpha value is -3.48. The number of nitrogens with two attached hydrogens (primary N) is 1. The fourth-order valence-corrected chi connectivity index (χ4v) is 4.01. The van der Waals surface area contributed by atoms with Crippen LogP contribution >= 0.6 is 0 Å². The lowest BCUT2D eigenvalue weighted by atomic mass is 9.96. The van der Waals surface area contributed by atoms with Crippen LogP contribution < -0.4 is 10.6 Å². The summed E-state index contributed by atoms with van der Waals surface area (Å²) in [5.41, 5.74) is 7.52. The first kappa shape index (κ1) is 18.9. The number of hydrogen-bond acceptors (Lipinski definition) is 3. The van der Waals surface area contributed by atoms with Gasteiger partial charge >= 0.3 is 0 Å². The lowest BCUT2D eigenvalue weighted by Crippen LogP contribution is -2.43. The Labute approximate surface area is 166 Å². The van der Waals surface area contributed by atoms with Gasteiger partial charge in [-0.3, -0.25) is 14.4 Å². The maximum atomic E-state index is 13.6. The van der Waals surface area contributed by atoms with Crippen LogP contribution in [0.4, 0.5) is 10.1 Å². The zero-order valence-electron chi connectivity index (χ0n) is 15.9. The SMILES string of the molecule is C[C@@H]1CCc2cc(F)ccc2N1C(=O)Cn1cc(C(=O)C(N)=O)c2ccccc21. The van der Waals surface area contributed by atoms with Gasteiger partial charge in [-0.05, 0) is 49.6 Å². The van der Waals surface area contributed by atoms with Gasteiger partial charge in [-0.25, -0.2) is 4.39 Å². The molecule has 0 spiro atoms. The third-order valence-corrected chi connectivity index (χ3v) is 5.40. The highest BCUT2D eigenvalue weighted by Crippen LogP contribution is 2.32. The Kier molecular flexibility index (Phi) is 4.66. The lowest BCUT2D eigenvalue weighted by molar-refractivity contribution is -0.119. The molecule has 2 heterocycles. The predicted octanol–water partition coefficient (Wildman–Crippen LogP) is 2.82. The molecule has 29 heavy (non-hydrogen) atoms. The number of para-hydroxylation sites is 1. The Bertz CT molecular complexity index is 1150. The quantitative estimate of drug-likeness (QED) is 0.546. The molecule has 1 atom stereocenters. The summed E-state index contributed by atoms with van der Waals surface area (Å²) in [5, 5.41) is 0.568. The van der Waals surface area contributed by atoms with Crippen LogP contribution in [0.25, 0.3) is 10.9 Å². The van der Waals surface area contributed by atoms with E-state index in [1.165, 1.54) is 18.3 Å². The van der Waals surface area contributed by atoms with Gasteiger partial charge in [-0.15, -0.1) is 0 Å². The third-order valence-electron chi connectivity index (χ3n) is 5.40. The number of rotatable bonds is 4. The Morgan fingerprint density at radius 1 is 1.17 bits per heavy atom. The van der Waals surface area contributed by atoms with E-state index >= 15 is 0 Å². The number of Topliss-reactive ketones (excluding diaryl/α,β-unsaturated/α-hetero) is 1. The monoisotopic (exact) mass is 393 g/mol. The van der Waals surface area contributed by atoms with E-state index in [-0.39, 0.29) is 29.9 Å². The van der Waals surface area contributed by atoms with Crippen molar-refractivity contribution in [2.24, 2.45) is 5.73 Å². The van der Waals surface area contributed by atoms with Crippen molar-refractivity contribution in [2.75, 3.05) is 4.90 Å². The lowest BCUT2D eigenvalue weighted by Gasteiger charge is -2.35. The van der Waals surface area contributed by atoms with Gasteiger partial charge in [0.2, 0.25) is 5.91 Å². The molecule has 0 bridgehead atoms. The summed E-state index contributed by atoms with van der Waals surface area (Å²) >= 11 is 0. The van der Waals surface area contributed by atoms with Gasteiger partial charge in [0.1, 0.15) is 12.4 Å². The van der Waals surface area contributed by atoms with Crippen molar-refractivity contribution < 1.29 is 18.8 Å². The molecule has 0 saturated heterocycles. The minimum Gasteiger partial charge on any atom is -0.363 e. The number of aryl methyl sites for hydroxylation is 1. The Morgan fingerprint density at radius 2 is 1.93 bits per heavy atom. The molecular weight excluding hydrogens is 373 g/mol. The topological polar surface area (TPSA) is 85.4 Å². The van der Waals surface area contributed by atoms with Gasteiger partial charge in [0.15, 0.2) is 0 Å². The molecule has 6 nitrogen and oxygen atoms in total. The first-order valence-corrected chi connectivity index (χ1v) is 9.39. The van der Waals surface area contributed by atoms with Crippen molar-refractivity contribution in [2.45, 2.75) is 32.4 Å². The minimum atomic E-state index is -1.04. The molecule has 3 aromatic rings. The van der Waals surface area contributed by atoms with Gasteiger partial charge < -0.3 is 15.2 Å². The van der Waals surface area contributed by atoms with E-state index in [0.717, 1.165) is 12.0 Å². The number of ketones is 1. The number of aromatic nitrogens is 1. The van der Waals surface area contributed by atoms with Crippen LogP contribution in [0.3, 0.4) is 0 Å². The summed E-state index contributed by atoms with van der Waals surface area (Å²) in [6.45, 7) is 1.94. The second-order valence-corrected chi connectivity index (χ2v) is 7.31. The van der Waals surface area contributed by atoms with E-state index in [9.17, 15) is 18.8 Å². The van der Waals surface area contributed by atoms with Crippen molar-refractivity contribution in [3.8, 4) is 0 Å². The number of benzene rings is 2. The standard InChI is InChI=1S/C22H20FN3O3/c1-13-6-7-14-10-15(23)8-9-18(14)26(13)20(27)12-25-11-17(21(28)22(24)29)16-4-2-3-5-19(16)25/h2-5,8-11,13H,6-7,12H2,1H3,(H2,24,29)/t13-/m1/s1. The predicted molar refractivity (Wildman–Crippen MR) is 107 cm³/mol. The zero-order chi connectivity index (χ0) is 20.7. The van der Waals surface area contributed by atoms with E-state index in [1.807, 2.05) is 6.92 Å². The summed E-state index contributed by atoms with van der Waals surface area (Å²) in [4.78, 5) is 38.5. The maximum Gasteiger partial charge on any atom is 0.289 e. The second-order valence-electron chi connectivity index (χ2n) is 7.31. The Balaban J connectivity index is 1.72. The second kappa shape index (κ2) is 7.16. The molecule has 2 N–H and O–H groups in total. The third kappa shape index (κ3) is 3.29. The van der Waals surface area contributed by atoms with Crippen molar-refractivity contribution >= 4 is 34.2 Å². The first-order valence-electron chi connectivity index (χ1n) is 9.39. The molecular formula is C22H20FN3O3. The molecule has 0 radical (unpaired) electrons. The first-order chi connectivity index (χ1) is 13.9. The van der Waals surface area contributed by atoms with Crippen LogP contribution in [0.5, 0.6) is 0 Å². The van der Waals surface area contributed by atoms with Gasteiger partial charge in [0, 0.05) is 28.8 Å². The van der Waals surface area contributed by atoms with Gasteiger partial charge in [0.05, 0.1) is 5.56 Å². The van der Waals surface area contributed by atoms with Crippen LogP contribution in [0.1, 0.15) is 29.3 Å². The minimum absolute atomic E-state index is 0.0201. The summed E-state index contributed by atoms with van der Waals surface area (Å²) in [6.07, 6.45) is 2.94. The summed E-state index contributed by atoms with van der Waals surface area (Å²) in [7, 11) is 0. The summed E-state index contributed by atoms with van der Waals surface area (Å²) in [6, 6.07) is 11.5. The van der Waals surface area contributed by atoms with Crippen molar-refractivity contribution in [3.05, 3.63) is 65.6 Å². The molecule has 2 amide bonds. The number of nitrogens with zero attached hydrogens (tertiary/aromatic N) is 2. The van der Waals surface area contributed by atoms with Crippen LogP contribution in [0.2, 0.25) is 0 Å². The van der Waals surface area contributed by atoms with Crippen LogP contribution in [-0.4, -0.2) is 28.2 Å². The highest BCUT2D eigenvalue weighted by atomic mass is 19.1. The molecule has 0 fully saturated rings. The van der Waals surface area contributed by atoms with Gasteiger partial charge in [-0.2, -0.15) is 0 Å². The van der Waals surface area contributed by atoms with E-state index < -0.39 is 11.7 Å². The molecule has 0 aliphatic carbocycles. The fourth-order valence-electron chi connectivity index (χ4n) is 4.01. The van der Waals surface area contributed by atoms with E-state index in [1.54, 1.807) is 39.8 Å². The number of carbonyl (C=O) groups excluding carboxylic acids is 3. The molecule has 1 aliphatic rings. The van der Waals surface area contributed by atoms with E-state index in [4.69, 9.17) is 5.73 Å². The molecule has 0 saturated carbocycles. The largest absolute Gasteiger partial charge is 0.363 e. The number of halogens is 1. The molecule has 4 rings (SSSR count). The van der Waals surface area contributed by atoms with Crippen LogP contribution in [0.15, 0.2) is 48.7 Å². The highest BCUT2D eigenvalue weighted by molar-refractivity contribution is 6.44. The fraction of sp³-hybridized carbons (Fsp3) is 0.227. The highest BCUT2D eigenvalue weighted by Gasteiger charge is 2.29. The van der Waals surface area contributed by atoms with E-state index in [0.29, 0.717) is 23.0 Å². The van der Waals surface area contributed by atoms with Crippen LogP contribution in [-0.2, 0) is 22.6 Å². The summed E-state index contributed by atoms with van der Waals surface area (Å²) in [5.74, 6) is -2.33. The van der Waals surface area contributed by atoms with Crippen molar-refractivity contribution in [1.82, 2.24) is 4.57 Å². The molecule has 148 valence electrons. The molecule has 1 aromatic heterocycles. The van der Waals surface area contributed by atoms with Gasteiger partial charge in [-0.1, -0.05) is 18.2 Å².